The molecule has 0 aromatic carbocycles. The smallest absolute Gasteiger partial charge is 0.311 e. The van der Waals surface area contributed by atoms with Crippen LogP contribution in [0.1, 0.15) is 41.9 Å². The SMILES string of the molecule is CCOC(=O)Cc1nc(-c2cn(C)nc2C2CC2)sc1C. The Morgan fingerprint density at radius 1 is 1.52 bits per heavy atom. The molecule has 21 heavy (non-hydrogen) atoms. The largest absolute Gasteiger partial charge is 0.466 e. The van der Waals surface area contributed by atoms with Crippen molar-refractivity contribution in [2.75, 3.05) is 6.61 Å². The summed E-state index contributed by atoms with van der Waals surface area (Å²) >= 11 is 1.63. The predicted molar refractivity (Wildman–Crippen MR) is 81.4 cm³/mol. The van der Waals surface area contributed by atoms with Crippen LogP contribution in [0.2, 0.25) is 0 Å². The monoisotopic (exact) mass is 305 g/mol. The molecule has 6 heteroatoms. The molecule has 1 fully saturated rings. The summed E-state index contributed by atoms with van der Waals surface area (Å²) in [6.07, 6.45) is 4.70. The summed E-state index contributed by atoms with van der Waals surface area (Å²) in [6, 6.07) is 0. The number of ether oxygens (including phenoxy) is 1. The zero-order chi connectivity index (χ0) is 15.0. The van der Waals surface area contributed by atoms with Gasteiger partial charge in [0.05, 0.1) is 30.0 Å². The van der Waals surface area contributed by atoms with Crippen molar-refractivity contribution in [3.05, 3.63) is 22.5 Å². The third-order valence-corrected chi connectivity index (χ3v) is 4.61. The van der Waals surface area contributed by atoms with Crippen molar-refractivity contribution in [2.45, 2.75) is 39.0 Å². The summed E-state index contributed by atoms with van der Waals surface area (Å²) in [5.74, 6) is 0.366. The molecule has 2 aromatic heterocycles. The van der Waals surface area contributed by atoms with Crippen LogP contribution in [0.5, 0.6) is 0 Å². The number of hydrogen-bond donors (Lipinski definition) is 0. The van der Waals surface area contributed by atoms with Gasteiger partial charge in [-0.25, -0.2) is 4.98 Å². The molecule has 0 N–H and O–H groups in total. The van der Waals surface area contributed by atoms with Crippen molar-refractivity contribution in [3.8, 4) is 10.6 Å². The zero-order valence-electron chi connectivity index (χ0n) is 12.5. The van der Waals surface area contributed by atoms with Gasteiger partial charge in [0.25, 0.3) is 0 Å². The third-order valence-electron chi connectivity index (χ3n) is 3.56. The molecule has 0 saturated heterocycles. The molecule has 2 aromatic rings. The molecule has 3 rings (SSSR count). The van der Waals surface area contributed by atoms with Crippen molar-refractivity contribution in [1.29, 1.82) is 0 Å². The van der Waals surface area contributed by atoms with Crippen LogP contribution in [0.4, 0.5) is 0 Å². The first-order valence-corrected chi connectivity index (χ1v) is 8.06. The maximum Gasteiger partial charge on any atom is 0.311 e. The Bertz CT molecular complexity index is 671. The Kier molecular flexibility index (Phi) is 3.80. The molecule has 0 atom stereocenters. The van der Waals surface area contributed by atoms with E-state index >= 15 is 0 Å². The lowest BCUT2D eigenvalue weighted by molar-refractivity contribution is -0.142. The number of hydrogen-bond acceptors (Lipinski definition) is 5. The molecular formula is C15H19N3O2S. The first-order chi connectivity index (χ1) is 10.1. The zero-order valence-corrected chi connectivity index (χ0v) is 13.4. The van der Waals surface area contributed by atoms with Gasteiger partial charge in [-0.3, -0.25) is 9.48 Å². The summed E-state index contributed by atoms with van der Waals surface area (Å²) in [4.78, 5) is 17.3. The van der Waals surface area contributed by atoms with E-state index in [0.717, 1.165) is 26.8 Å². The molecule has 1 saturated carbocycles. The Morgan fingerprint density at radius 2 is 2.29 bits per heavy atom. The molecule has 0 spiro atoms. The third kappa shape index (κ3) is 3.00. The first-order valence-electron chi connectivity index (χ1n) is 7.24. The molecule has 112 valence electrons. The Balaban J connectivity index is 1.88. The van der Waals surface area contributed by atoms with Crippen LogP contribution in [0.25, 0.3) is 10.6 Å². The predicted octanol–water partition coefficient (Wildman–Crippen LogP) is 2.84. The van der Waals surface area contributed by atoms with E-state index in [4.69, 9.17) is 4.74 Å². The molecule has 1 aliphatic carbocycles. The quantitative estimate of drug-likeness (QED) is 0.797. The molecule has 0 bridgehead atoms. The molecule has 0 unspecified atom stereocenters. The number of rotatable bonds is 5. The van der Waals surface area contributed by atoms with Crippen LogP contribution in [0, 0.1) is 6.92 Å². The minimum absolute atomic E-state index is 0.217. The molecular weight excluding hydrogens is 286 g/mol. The van der Waals surface area contributed by atoms with Crippen molar-refractivity contribution < 1.29 is 9.53 Å². The number of thiazole rings is 1. The van der Waals surface area contributed by atoms with Gasteiger partial charge in [0.15, 0.2) is 0 Å². The van der Waals surface area contributed by atoms with Crippen molar-refractivity contribution >= 4 is 17.3 Å². The number of esters is 1. The Labute approximate surface area is 128 Å². The minimum atomic E-state index is -0.217. The van der Waals surface area contributed by atoms with Crippen LogP contribution in [0.3, 0.4) is 0 Å². The van der Waals surface area contributed by atoms with Gasteiger partial charge in [0.2, 0.25) is 0 Å². The maximum absolute atomic E-state index is 11.6. The van der Waals surface area contributed by atoms with Crippen molar-refractivity contribution in [2.24, 2.45) is 7.05 Å². The second-order valence-corrected chi connectivity index (χ2v) is 6.58. The first kappa shape index (κ1) is 14.3. The second kappa shape index (κ2) is 5.60. The number of nitrogens with zero attached hydrogens (tertiary/aromatic N) is 3. The minimum Gasteiger partial charge on any atom is -0.466 e. The maximum atomic E-state index is 11.6. The molecule has 0 radical (unpaired) electrons. The lowest BCUT2D eigenvalue weighted by Crippen LogP contribution is -2.08. The van der Waals surface area contributed by atoms with E-state index in [1.54, 1.807) is 11.3 Å². The summed E-state index contributed by atoms with van der Waals surface area (Å²) in [6.45, 7) is 4.22. The average molecular weight is 305 g/mol. The van der Waals surface area contributed by atoms with Gasteiger partial charge >= 0.3 is 5.97 Å². The van der Waals surface area contributed by atoms with Crippen molar-refractivity contribution in [3.63, 3.8) is 0 Å². The highest BCUT2D eigenvalue weighted by Gasteiger charge is 2.30. The van der Waals surface area contributed by atoms with E-state index in [2.05, 4.69) is 10.1 Å². The van der Waals surface area contributed by atoms with Gasteiger partial charge in [0.1, 0.15) is 5.01 Å². The van der Waals surface area contributed by atoms with Crippen LogP contribution in [-0.4, -0.2) is 27.3 Å². The molecule has 0 amide bonds. The van der Waals surface area contributed by atoms with Gasteiger partial charge in [-0.2, -0.15) is 5.10 Å². The lowest BCUT2D eigenvalue weighted by atomic mass is 10.2. The molecule has 1 aliphatic rings. The fourth-order valence-electron chi connectivity index (χ4n) is 2.38. The van der Waals surface area contributed by atoms with E-state index in [9.17, 15) is 4.79 Å². The summed E-state index contributed by atoms with van der Waals surface area (Å²) < 4.78 is 6.85. The van der Waals surface area contributed by atoms with Gasteiger partial charge < -0.3 is 4.74 Å². The van der Waals surface area contributed by atoms with Gasteiger partial charge in [-0.15, -0.1) is 11.3 Å². The highest BCUT2D eigenvalue weighted by atomic mass is 32.1. The van der Waals surface area contributed by atoms with Crippen molar-refractivity contribution in [1.82, 2.24) is 14.8 Å². The summed E-state index contributed by atoms with van der Waals surface area (Å²) in [5, 5.41) is 5.53. The van der Waals surface area contributed by atoms with Gasteiger partial charge in [0, 0.05) is 24.0 Å². The average Bonchev–Trinajstić information content (AvgIpc) is 3.11. The van der Waals surface area contributed by atoms with Crippen LogP contribution in [-0.2, 0) is 23.0 Å². The molecule has 0 aliphatic heterocycles. The lowest BCUT2D eigenvalue weighted by Gasteiger charge is -1.99. The number of carbonyl (C=O) groups excluding carboxylic acids is 1. The number of aryl methyl sites for hydroxylation is 2. The summed E-state index contributed by atoms with van der Waals surface area (Å²) in [5.41, 5.74) is 3.08. The highest BCUT2D eigenvalue weighted by Crippen LogP contribution is 2.44. The van der Waals surface area contributed by atoms with Crippen LogP contribution >= 0.6 is 11.3 Å². The van der Waals surface area contributed by atoms with Gasteiger partial charge in [-0.1, -0.05) is 0 Å². The second-order valence-electron chi connectivity index (χ2n) is 5.38. The fourth-order valence-corrected chi connectivity index (χ4v) is 3.33. The normalized spacial score (nSPS) is 14.4. The Hall–Kier alpha value is -1.69. The standard InChI is InChI=1S/C15H19N3O2S/c1-4-20-13(19)7-12-9(2)21-15(16-12)11-8-18(3)17-14(11)10-5-6-10/h8,10H,4-7H2,1-3H3. The Morgan fingerprint density at radius 3 is 2.95 bits per heavy atom. The molecule has 5 nitrogen and oxygen atoms in total. The van der Waals surface area contributed by atoms with E-state index in [-0.39, 0.29) is 12.4 Å². The van der Waals surface area contributed by atoms with Crippen LogP contribution in [0.15, 0.2) is 6.20 Å². The van der Waals surface area contributed by atoms with Crippen LogP contribution < -0.4 is 0 Å². The number of aromatic nitrogens is 3. The topological polar surface area (TPSA) is 57.0 Å². The highest BCUT2D eigenvalue weighted by molar-refractivity contribution is 7.15. The molecule has 2 heterocycles. The van der Waals surface area contributed by atoms with E-state index in [1.165, 1.54) is 12.8 Å². The van der Waals surface area contributed by atoms with Gasteiger partial charge in [-0.05, 0) is 26.7 Å². The van der Waals surface area contributed by atoms with E-state index < -0.39 is 0 Å². The number of carbonyl (C=O) groups is 1. The van der Waals surface area contributed by atoms with E-state index in [0.29, 0.717) is 12.5 Å². The summed E-state index contributed by atoms with van der Waals surface area (Å²) in [7, 11) is 1.94. The van der Waals surface area contributed by atoms with E-state index in [1.807, 2.05) is 31.8 Å². The fraction of sp³-hybridized carbons (Fsp3) is 0.533.